The molecular formula is C10H16F2N2. The standard InChI is InChI=1S/C10H16F2N2/c1-10(11,12)4-7-14-5-2-9(8-13)3-6-14/h9H,2-7H2,1H3. The zero-order valence-electron chi connectivity index (χ0n) is 8.47. The van der Waals surface area contributed by atoms with Crippen molar-refractivity contribution in [2.75, 3.05) is 19.6 Å². The van der Waals surface area contributed by atoms with Gasteiger partial charge in [-0.05, 0) is 32.9 Å². The van der Waals surface area contributed by atoms with Crippen molar-refractivity contribution in [3.63, 3.8) is 0 Å². The molecule has 0 spiro atoms. The minimum atomic E-state index is -2.56. The second-order valence-corrected chi connectivity index (χ2v) is 4.07. The van der Waals surface area contributed by atoms with E-state index in [0.717, 1.165) is 32.9 Å². The summed E-state index contributed by atoms with van der Waals surface area (Å²) in [7, 11) is 0. The fourth-order valence-corrected chi connectivity index (χ4v) is 1.64. The molecule has 0 saturated carbocycles. The van der Waals surface area contributed by atoms with Crippen LogP contribution in [0, 0.1) is 17.2 Å². The van der Waals surface area contributed by atoms with Crippen LogP contribution in [0.2, 0.25) is 0 Å². The summed E-state index contributed by atoms with van der Waals surface area (Å²) in [4.78, 5) is 2.02. The van der Waals surface area contributed by atoms with Crippen LogP contribution in [-0.4, -0.2) is 30.5 Å². The van der Waals surface area contributed by atoms with E-state index in [1.165, 1.54) is 0 Å². The van der Waals surface area contributed by atoms with Gasteiger partial charge in [0.25, 0.3) is 0 Å². The Balaban J connectivity index is 2.20. The largest absolute Gasteiger partial charge is 0.303 e. The summed E-state index contributed by atoms with van der Waals surface area (Å²) in [6.07, 6.45) is 1.57. The minimum Gasteiger partial charge on any atom is -0.303 e. The lowest BCUT2D eigenvalue weighted by Crippen LogP contribution is -2.35. The van der Waals surface area contributed by atoms with Crippen molar-refractivity contribution in [1.29, 1.82) is 5.26 Å². The van der Waals surface area contributed by atoms with Crippen molar-refractivity contribution in [3.8, 4) is 6.07 Å². The Bertz CT molecular complexity index is 209. The molecule has 1 aliphatic heterocycles. The van der Waals surface area contributed by atoms with Crippen molar-refractivity contribution in [2.45, 2.75) is 32.1 Å². The third kappa shape index (κ3) is 4.01. The first-order valence-corrected chi connectivity index (χ1v) is 5.01. The summed E-state index contributed by atoms with van der Waals surface area (Å²) in [6.45, 7) is 2.97. The molecule has 0 aliphatic carbocycles. The molecule has 0 unspecified atom stereocenters. The van der Waals surface area contributed by atoms with Crippen LogP contribution in [0.25, 0.3) is 0 Å². The zero-order chi connectivity index (χ0) is 10.6. The number of halogens is 2. The minimum absolute atomic E-state index is 0.0791. The molecule has 1 heterocycles. The van der Waals surface area contributed by atoms with Gasteiger partial charge in [0, 0.05) is 18.9 Å². The first-order chi connectivity index (χ1) is 6.51. The summed E-state index contributed by atoms with van der Waals surface area (Å²) in [5.74, 6) is -2.43. The fraction of sp³-hybridized carbons (Fsp3) is 0.900. The highest BCUT2D eigenvalue weighted by Crippen LogP contribution is 2.20. The number of piperidine rings is 1. The lowest BCUT2D eigenvalue weighted by atomic mass is 9.98. The Kier molecular flexibility index (Phi) is 3.82. The molecule has 0 amide bonds. The van der Waals surface area contributed by atoms with E-state index in [2.05, 4.69) is 6.07 Å². The summed E-state index contributed by atoms with van der Waals surface area (Å²) in [5.41, 5.74) is 0. The van der Waals surface area contributed by atoms with Crippen LogP contribution in [0.5, 0.6) is 0 Å². The van der Waals surface area contributed by atoms with Gasteiger partial charge in [-0.25, -0.2) is 8.78 Å². The van der Waals surface area contributed by atoms with E-state index < -0.39 is 5.92 Å². The molecule has 4 heteroatoms. The van der Waals surface area contributed by atoms with Crippen molar-refractivity contribution in [2.24, 2.45) is 5.92 Å². The Hall–Kier alpha value is -0.690. The van der Waals surface area contributed by atoms with Crippen LogP contribution in [-0.2, 0) is 0 Å². The third-order valence-electron chi connectivity index (χ3n) is 2.64. The van der Waals surface area contributed by atoms with Crippen LogP contribution < -0.4 is 0 Å². The Labute approximate surface area is 83.5 Å². The molecule has 0 radical (unpaired) electrons. The van der Waals surface area contributed by atoms with Gasteiger partial charge >= 0.3 is 0 Å². The number of hydrogen-bond donors (Lipinski definition) is 0. The number of nitriles is 1. The normalized spacial score (nSPS) is 20.7. The summed E-state index contributed by atoms with van der Waals surface area (Å²) in [6, 6.07) is 2.22. The molecule has 0 N–H and O–H groups in total. The highest BCUT2D eigenvalue weighted by atomic mass is 19.3. The van der Waals surface area contributed by atoms with Gasteiger partial charge in [-0.1, -0.05) is 0 Å². The van der Waals surface area contributed by atoms with E-state index in [9.17, 15) is 8.78 Å². The molecule has 2 nitrogen and oxygen atoms in total. The van der Waals surface area contributed by atoms with E-state index >= 15 is 0 Å². The van der Waals surface area contributed by atoms with Crippen molar-refractivity contribution >= 4 is 0 Å². The highest BCUT2D eigenvalue weighted by molar-refractivity contribution is 4.87. The number of likely N-dealkylation sites (tertiary alicyclic amines) is 1. The molecule has 0 bridgehead atoms. The highest BCUT2D eigenvalue weighted by Gasteiger charge is 2.24. The Morgan fingerprint density at radius 1 is 1.43 bits per heavy atom. The Morgan fingerprint density at radius 2 is 2.00 bits per heavy atom. The van der Waals surface area contributed by atoms with Gasteiger partial charge < -0.3 is 4.90 Å². The predicted octanol–water partition coefficient (Wildman–Crippen LogP) is 2.27. The van der Waals surface area contributed by atoms with Crippen LogP contribution in [0.4, 0.5) is 8.78 Å². The maximum atomic E-state index is 12.5. The molecule has 0 atom stereocenters. The summed E-state index contributed by atoms with van der Waals surface area (Å²) >= 11 is 0. The maximum Gasteiger partial charge on any atom is 0.246 e. The molecular weight excluding hydrogens is 186 g/mol. The van der Waals surface area contributed by atoms with E-state index in [1.807, 2.05) is 4.90 Å². The first-order valence-electron chi connectivity index (χ1n) is 5.01. The molecule has 0 aromatic heterocycles. The molecule has 0 aromatic rings. The topological polar surface area (TPSA) is 27.0 Å². The van der Waals surface area contributed by atoms with Gasteiger partial charge in [-0.2, -0.15) is 5.26 Å². The van der Waals surface area contributed by atoms with Crippen LogP contribution in [0.1, 0.15) is 26.2 Å². The van der Waals surface area contributed by atoms with Gasteiger partial charge in [-0.15, -0.1) is 0 Å². The molecule has 1 aliphatic rings. The second-order valence-electron chi connectivity index (χ2n) is 4.07. The SMILES string of the molecule is CC(F)(F)CCN1CCC(C#N)CC1. The molecule has 80 valence electrons. The molecule has 0 aromatic carbocycles. The lowest BCUT2D eigenvalue weighted by Gasteiger charge is -2.29. The van der Waals surface area contributed by atoms with E-state index in [0.29, 0.717) is 6.54 Å². The summed E-state index contributed by atoms with van der Waals surface area (Å²) in [5, 5.41) is 8.65. The maximum absolute atomic E-state index is 12.5. The monoisotopic (exact) mass is 202 g/mol. The van der Waals surface area contributed by atoms with E-state index in [-0.39, 0.29) is 12.3 Å². The van der Waals surface area contributed by atoms with Crippen molar-refractivity contribution < 1.29 is 8.78 Å². The smallest absolute Gasteiger partial charge is 0.246 e. The van der Waals surface area contributed by atoms with Gasteiger partial charge in [0.15, 0.2) is 0 Å². The number of rotatable bonds is 3. The molecule has 14 heavy (non-hydrogen) atoms. The number of alkyl halides is 2. The Morgan fingerprint density at radius 3 is 2.43 bits per heavy atom. The number of nitrogens with zero attached hydrogens (tertiary/aromatic N) is 2. The molecule has 1 fully saturated rings. The van der Waals surface area contributed by atoms with Crippen LogP contribution >= 0.6 is 0 Å². The van der Waals surface area contributed by atoms with Gasteiger partial charge in [-0.3, -0.25) is 0 Å². The summed E-state index contributed by atoms with van der Waals surface area (Å²) < 4.78 is 25.1. The number of hydrogen-bond acceptors (Lipinski definition) is 2. The predicted molar refractivity (Wildman–Crippen MR) is 50.0 cm³/mol. The first kappa shape index (κ1) is 11.4. The van der Waals surface area contributed by atoms with Gasteiger partial charge in [0.2, 0.25) is 5.92 Å². The molecule has 1 saturated heterocycles. The molecule has 1 rings (SSSR count). The quantitative estimate of drug-likeness (QED) is 0.702. The van der Waals surface area contributed by atoms with Crippen molar-refractivity contribution in [1.82, 2.24) is 4.90 Å². The van der Waals surface area contributed by atoms with Gasteiger partial charge in [0.05, 0.1) is 6.07 Å². The van der Waals surface area contributed by atoms with Gasteiger partial charge in [0.1, 0.15) is 0 Å². The van der Waals surface area contributed by atoms with E-state index in [4.69, 9.17) is 5.26 Å². The third-order valence-corrected chi connectivity index (χ3v) is 2.64. The van der Waals surface area contributed by atoms with Crippen LogP contribution in [0.3, 0.4) is 0 Å². The lowest BCUT2D eigenvalue weighted by molar-refractivity contribution is 0.000964. The average molecular weight is 202 g/mol. The van der Waals surface area contributed by atoms with E-state index in [1.54, 1.807) is 0 Å². The fourth-order valence-electron chi connectivity index (χ4n) is 1.64. The van der Waals surface area contributed by atoms with Crippen LogP contribution in [0.15, 0.2) is 0 Å². The average Bonchev–Trinajstić information content (AvgIpc) is 2.14. The second kappa shape index (κ2) is 4.70. The zero-order valence-corrected chi connectivity index (χ0v) is 8.47. The van der Waals surface area contributed by atoms with Crippen molar-refractivity contribution in [3.05, 3.63) is 0 Å².